The number of hydrogen-bond donors (Lipinski definition) is 2. The number of rotatable bonds is 6. The molecule has 102 valence electrons. The zero-order chi connectivity index (χ0) is 13.7. The molecule has 4 heteroatoms. The Morgan fingerprint density at radius 1 is 1.32 bits per heavy atom. The first-order chi connectivity index (χ1) is 9.15. The van der Waals surface area contributed by atoms with Crippen LogP contribution in [-0.4, -0.2) is 16.1 Å². The van der Waals surface area contributed by atoms with E-state index < -0.39 is 0 Å². The first-order valence-electron chi connectivity index (χ1n) is 6.63. The van der Waals surface area contributed by atoms with Crippen LogP contribution in [0.5, 0.6) is 5.75 Å². The summed E-state index contributed by atoms with van der Waals surface area (Å²) in [5, 5.41) is 3.43. The fraction of sp³-hybridized carbons (Fsp3) is 0.400. The molecule has 0 aliphatic heterocycles. The molecule has 4 nitrogen and oxygen atoms in total. The van der Waals surface area contributed by atoms with Gasteiger partial charge in [0.2, 0.25) is 0 Å². The summed E-state index contributed by atoms with van der Waals surface area (Å²) in [5.41, 5.74) is 1.21. The topological polar surface area (TPSA) is 49.9 Å². The Labute approximate surface area is 114 Å². The van der Waals surface area contributed by atoms with Crippen LogP contribution in [0.1, 0.15) is 38.2 Å². The third kappa shape index (κ3) is 4.10. The molecule has 0 bridgehead atoms. The van der Waals surface area contributed by atoms with Crippen LogP contribution in [0.3, 0.4) is 0 Å². The molecule has 1 aromatic heterocycles. The number of nitrogens with one attached hydrogen (secondary N) is 2. The van der Waals surface area contributed by atoms with Gasteiger partial charge in [0.05, 0.1) is 12.1 Å². The molecule has 2 N–H and O–H groups in total. The van der Waals surface area contributed by atoms with Gasteiger partial charge < -0.3 is 15.0 Å². The Morgan fingerprint density at radius 3 is 2.84 bits per heavy atom. The van der Waals surface area contributed by atoms with Gasteiger partial charge in [-0.25, -0.2) is 4.98 Å². The van der Waals surface area contributed by atoms with Gasteiger partial charge in [0, 0.05) is 18.9 Å². The maximum atomic E-state index is 5.69. The number of nitrogens with zero attached hydrogens (tertiary/aromatic N) is 1. The van der Waals surface area contributed by atoms with Crippen molar-refractivity contribution in [3.63, 3.8) is 0 Å². The number of imidazole rings is 1. The van der Waals surface area contributed by atoms with Crippen molar-refractivity contribution in [3.05, 3.63) is 48.0 Å². The minimum atomic E-state index is 0.199. The Morgan fingerprint density at radius 2 is 2.16 bits per heavy atom. The van der Waals surface area contributed by atoms with Crippen LogP contribution in [0, 0.1) is 0 Å². The van der Waals surface area contributed by atoms with E-state index in [2.05, 4.69) is 34.3 Å². The van der Waals surface area contributed by atoms with Crippen molar-refractivity contribution in [1.29, 1.82) is 0 Å². The van der Waals surface area contributed by atoms with Crippen molar-refractivity contribution < 1.29 is 4.74 Å². The molecule has 0 spiro atoms. The Balaban J connectivity index is 1.92. The summed E-state index contributed by atoms with van der Waals surface area (Å²) in [6, 6.07) is 8.37. The second kappa shape index (κ2) is 6.38. The monoisotopic (exact) mass is 259 g/mol. The lowest BCUT2D eigenvalue weighted by Gasteiger charge is -2.13. The first-order valence-corrected chi connectivity index (χ1v) is 6.63. The van der Waals surface area contributed by atoms with Gasteiger partial charge in [-0.1, -0.05) is 12.1 Å². The van der Waals surface area contributed by atoms with Crippen LogP contribution in [0.25, 0.3) is 0 Å². The third-order valence-corrected chi connectivity index (χ3v) is 2.81. The summed E-state index contributed by atoms with van der Waals surface area (Å²) in [4.78, 5) is 7.35. The lowest BCUT2D eigenvalue weighted by Crippen LogP contribution is -2.19. The van der Waals surface area contributed by atoms with Crippen LogP contribution < -0.4 is 10.1 Å². The zero-order valence-electron chi connectivity index (χ0n) is 11.7. The summed E-state index contributed by atoms with van der Waals surface area (Å²) in [6.07, 6.45) is 3.81. The quantitative estimate of drug-likeness (QED) is 0.838. The second-order valence-corrected chi connectivity index (χ2v) is 4.89. The van der Waals surface area contributed by atoms with E-state index in [0.29, 0.717) is 0 Å². The molecule has 1 aromatic carbocycles. The highest BCUT2D eigenvalue weighted by Crippen LogP contribution is 2.15. The lowest BCUT2D eigenvalue weighted by atomic mass is 10.2. The maximum Gasteiger partial charge on any atom is 0.122 e. The predicted molar refractivity (Wildman–Crippen MR) is 76.0 cm³/mol. The van der Waals surface area contributed by atoms with E-state index in [4.69, 9.17) is 4.74 Å². The van der Waals surface area contributed by atoms with Gasteiger partial charge in [-0.2, -0.15) is 0 Å². The summed E-state index contributed by atoms with van der Waals surface area (Å²) < 4.78 is 5.69. The average Bonchev–Trinajstić information content (AvgIpc) is 2.89. The van der Waals surface area contributed by atoms with E-state index in [1.807, 2.05) is 32.2 Å². The third-order valence-electron chi connectivity index (χ3n) is 2.81. The van der Waals surface area contributed by atoms with E-state index >= 15 is 0 Å². The molecule has 0 amide bonds. The van der Waals surface area contributed by atoms with Crippen LogP contribution in [0.4, 0.5) is 0 Å². The highest BCUT2D eigenvalue weighted by atomic mass is 16.5. The van der Waals surface area contributed by atoms with Crippen LogP contribution in [-0.2, 0) is 6.54 Å². The molecule has 2 aromatic rings. The molecular formula is C15H21N3O. The minimum absolute atomic E-state index is 0.199. The molecule has 1 unspecified atom stereocenters. The van der Waals surface area contributed by atoms with Gasteiger partial charge in [0.15, 0.2) is 0 Å². The van der Waals surface area contributed by atoms with Gasteiger partial charge in [-0.05, 0) is 38.5 Å². The van der Waals surface area contributed by atoms with Gasteiger partial charge in [0.1, 0.15) is 11.6 Å². The molecule has 19 heavy (non-hydrogen) atoms. The number of aromatic nitrogens is 2. The van der Waals surface area contributed by atoms with Crippen molar-refractivity contribution in [2.75, 3.05) is 0 Å². The molecule has 0 fully saturated rings. The summed E-state index contributed by atoms with van der Waals surface area (Å²) in [7, 11) is 0. The normalized spacial score (nSPS) is 12.6. The highest BCUT2D eigenvalue weighted by Gasteiger charge is 2.07. The van der Waals surface area contributed by atoms with E-state index in [1.165, 1.54) is 5.56 Å². The largest absolute Gasteiger partial charge is 0.491 e. The van der Waals surface area contributed by atoms with E-state index in [1.54, 1.807) is 6.20 Å². The second-order valence-electron chi connectivity index (χ2n) is 4.89. The number of H-pyrrole nitrogens is 1. The number of ether oxygens (including phenoxy) is 1. The summed E-state index contributed by atoms with van der Waals surface area (Å²) >= 11 is 0. The SMILES string of the molecule is CC(C)Oc1cccc(CNC(C)c2ncc[nH]2)c1. The summed E-state index contributed by atoms with van der Waals surface area (Å²) in [5.74, 6) is 1.87. The van der Waals surface area contributed by atoms with Crippen molar-refractivity contribution >= 4 is 0 Å². The van der Waals surface area contributed by atoms with Crippen molar-refractivity contribution in [2.24, 2.45) is 0 Å². The fourth-order valence-corrected chi connectivity index (χ4v) is 1.88. The molecule has 0 aliphatic rings. The van der Waals surface area contributed by atoms with Crippen molar-refractivity contribution in [3.8, 4) is 5.75 Å². The smallest absolute Gasteiger partial charge is 0.122 e. The summed E-state index contributed by atoms with van der Waals surface area (Å²) in [6.45, 7) is 6.94. The lowest BCUT2D eigenvalue weighted by molar-refractivity contribution is 0.242. The molecular weight excluding hydrogens is 238 g/mol. The predicted octanol–water partition coefficient (Wildman–Crippen LogP) is 3.05. The molecule has 0 saturated carbocycles. The molecule has 1 heterocycles. The van der Waals surface area contributed by atoms with E-state index in [0.717, 1.165) is 18.1 Å². The number of aromatic amines is 1. The maximum absolute atomic E-state index is 5.69. The minimum Gasteiger partial charge on any atom is -0.491 e. The zero-order valence-corrected chi connectivity index (χ0v) is 11.7. The number of hydrogen-bond acceptors (Lipinski definition) is 3. The van der Waals surface area contributed by atoms with Gasteiger partial charge >= 0.3 is 0 Å². The highest BCUT2D eigenvalue weighted by molar-refractivity contribution is 5.28. The molecule has 0 saturated heterocycles. The van der Waals surface area contributed by atoms with Crippen molar-refractivity contribution in [2.45, 2.75) is 39.5 Å². The fourth-order valence-electron chi connectivity index (χ4n) is 1.88. The van der Waals surface area contributed by atoms with Crippen LogP contribution in [0.2, 0.25) is 0 Å². The Bertz CT molecular complexity index is 494. The van der Waals surface area contributed by atoms with E-state index in [-0.39, 0.29) is 12.1 Å². The van der Waals surface area contributed by atoms with Crippen molar-refractivity contribution in [1.82, 2.24) is 15.3 Å². The standard InChI is InChI=1S/C15H21N3O/c1-11(2)19-14-6-4-5-13(9-14)10-18-12(3)15-16-7-8-17-15/h4-9,11-12,18H,10H2,1-3H3,(H,16,17). The molecule has 2 rings (SSSR count). The van der Waals surface area contributed by atoms with Gasteiger partial charge in [0.25, 0.3) is 0 Å². The van der Waals surface area contributed by atoms with E-state index in [9.17, 15) is 0 Å². The average molecular weight is 259 g/mol. The van der Waals surface area contributed by atoms with Gasteiger partial charge in [-0.3, -0.25) is 0 Å². The molecule has 1 atom stereocenters. The first kappa shape index (κ1) is 13.6. The van der Waals surface area contributed by atoms with Crippen LogP contribution >= 0.6 is 0 Å². The van der Waals surface area contributed by atoms with Crippen LogP contribution in [0.15, 0.2) is 36.7 Å². The molecule has 0 aliphatic carbocycles. The van der Waals surface area contributed by atoms with Gasteiger partial charge in [-0.15, -0.1) is 0 Å². The molecule has 0 radical (unpaired) electrons. The Kier molecular flexibility index (Phi) is 4.58. The Hall–Kier alpha value is -1.81. The number of benzene rings is 1.